The van der Waals surface area contributed by atoms with Crippen molar-refractivity contribution in [1.29, 1.82) is 0 Å². The summed E-state index contributed by atoms with van der Waals surface area (Å²) in [5.41, 5.74) is 1.76. The zero-order chi connectivity index (χ0) is 17.9. The van der Waals surface area contributed by atoms with Crippen LogP contribution in [-0.2, 0) is 4.74 Å². The Labute approximate surface area is 149 Å². The Kier molecular flexibility index (Phi) is 4.45. The summed E-state index contributed by atoms with van der Waals surface area (Å²) in [6.07, 6.45) is 1.53. The Balaban J connectivity index is 1.59. The third-order valence-electron chi connectivity index (χ3n) is 4.29. The van der Waals surface area contributed by atoms with E-state index >= 15 is 0 Å². The zero-order valence-corrected chi connectivity index (χ0v) is 14.0. The quantitative estimate of drug-likeness (QED) is 0.785. The van der Waals surface area contributed by atoms with Gasteiger partial charge in [-0.3, -0.25) is 4.79 Å². The minimum absolute atomic E-state index is 0.299. The number of nitrogens with zero attached hydrogens (tertiary/aromatic N) is 3. The van der Waals surface area contributed by atoms with Gasteiger partial charge in [0.05, 0.1) is 18.7 Å². The third-order valence-corrected chi connectivity index (χ3v) is 4.29. The molecular weight excluding hydrogens is 335 g/mol. The molecule has 0 unspecified atom stereocenters. The van der Waals surface area contributed by atoms with Crippen LogP contribution in [0.5, 0.6) is 0 Å². The summed E-state index contributed by atoms with van der Waals surface area (Å²) in [5, 5.41) is 3.74. The molecular formula is C19H17FN4O2. The second-order valence-electron chi connectivity index (χ2n) is 5.99. The summed E-state index contributed by atoms with van der Waals surface area (Å²) in [6.45, 7) is 2.93. The van der Waals surface area contributed by atoms with Crippen LogP contribution < -0.4 is 10.2 Å². The number of nitrogens with one attached hydrogen (secondary N) is 1. The number of benzene rings is 2. The Bertz CT molecular complexity index is 940. The van der Waals surface area contributed by atoms with Crippen molar-refractivity contribution in [1.82, 2.24) is 9.97 Å². The van der Waals surface area contributed by atoms with E-state index in [1.54, 1.807) is 0 Å². The van der Waals surface area contributed by atoms with Crippen molar-refractivity contribution in [2.45, 2.75) is 0 Å². The van der Waals surface area contributed by atoms with E-state index in [2.05, 4.69) is 20.2 Å². The fraction of sp³-hybridized carbons (Fsp3) is 0.211. The standard InChI is InChI=1S/C19H17FN4O2/c20-14-3-1-13(2-4-14)19(25)23-15-5-6-16-17(11-15)21-12-22-18(16)24-7-9-26-10-8-24/h1-6,11-12H,7-10H2,(H,23,25). The molecule has 1 amide bonds. The first-order valence-corrected chi connectivity index (χ1v) is 8.35. The van der Waals surface area contributed by atoms with Crippen LogP contribution in [-0.4, -0.2) is 42.2 Å². The van der Waals surface area contributed by atoms with Crippen LogP contribution >= 0.6 is 0 Å². The Morgan fingerprint density at radius 3 is 2.62 bits per heavy atom. The average Bonchev–Trinajstić information content (AvgIpc) is 2.68. The van der Waals surface area contributed by atoms with E-state index in [0.717, 1.165) is 29.8 Å². The number of morpholine rings is 1. The summed E-state index contributed by atoms with van der Waals surface area (Å²) < 4.78 is 18.4. The van der Waals surface area contributed by atoms with Crippen LogP contribution in [0.2, 0.25) is 0 Å². The smallest absolute Gasteiger partial charge is 0.255 e. The molecule has 1 aromatic heterocycles. The van der Waals surface area contributed by atoms with Crippen LogP contribution in [0.3, 0.4) is 0 Å². The topological polar surface area (TPSA) is 67.4 Å². The Morgan fingerprint density at radius 1 is 1.08 bits per heavy atom. The van der Waals surface area contributed by atoms with Crippen molar-refractivity contribution in [2.24, 2.45) is 0 Å². The second kappa shape index (κ2) is 7.05. The number of hydrogen-bond acceptors (Lipinski definition) is 5. The maximum Gasteiger partial charge on any atom is 0.255 e. The molecule has 0 aliphatic carbocycles. The molecule has 1 saturated heterocycles. The first-order valence-electron chi connectivity index (χ1n) is 8.35. The molecule has 0 atom stereocenters. The molecule has 26 heavy (non-hydrogen) atoms. The first kappa shape index (κ1) is 16.4. The molecule has 1 aliphatic heterocycles. The highest BCUT2D eigenvalue weighted by atomic mass is 19.1. The monoisotopic (exact) mass is 352 g/mol. The van der Waals surface area contributed by atoms with Gasteiger partial charge in [0.2, 0.25) is 0 Å². The maximum atomic E-state index is 13.0. The molecule has 6 nitrogen and oxygen atoms in total. The van der Waals surface area contributed by atoms with Gasteiger partial charge in [-0.25, -0.2) is 14.4 Å². The van der Waals surface area contributed by atoms with Crippen molar-refractivity contribution in [2.75, 3.05) is 36.5 Å². The molecule has 4 rings (SSSR count). The summed E-state index contributed by atoms with van der Waals surface area (Å²) in [5.74, 6) is 0.195. The van der Waals surface area contributed by atoms with Gasteiger partial charge in [-0.2, -0.15) is 0 Å². The number of amides is 1. The predicted octanol–water partition coefficient (Wildman–Crippen LogP) is 2.86. The lowest BCUT2D eigenvalue weighted by Gasteiger charge is -2.28. The third kappa shape index (κ3) is 3.34. The highest BCUT2D eigenvalue weighted by molar-refractivity contribution is 6.05. The van der Waals surface area contributed by atoms with E-state index < -0.39 is 0 Å². The molecule has 7 heteroatoms. The van der Waals surface area contributed by atoms with Crippen molar-refractivity contribution >= 4 is 28.3 Å². The SMILES string of the molecule is O=C(Nc1ccc2c(N3CCOCC3)ncnc2c1)c1ccc(F)cc1. The van der Waals surface area contributed by atoms with Gasteiger partial charge < -0.3 is 15.0 Å². The van der Waals surface area contributed by atoms with Gasteiger partial charge >= 0.3 is 0 Å². The molecule has 0 radical (unpaired) electrons. The van der Waals surface area contributed by atoms with Gasteiger partial charge in [0.15, 0.2) is 0 Å². The van der Waals surface area contributed by atoms with E-state index in [0.29, 0.717) is 24.5 Å². The van der Waals surface area contributed by atoms with Gasteiger partial charge in [-0.1, -0.05) is 0 Å². The van der Waals surface area contributed by atoms with Crippen molar-refractivity contribution < 1.29 is 13.9 Å². The minimum Gasteiger partial charge on any atom is -0.378 e. The first-order chi connectivity index (χ1) is 12.7. The second-order valence-corrected chi connectivity index (χ2v) is 5.99. The summed E-state index contributed by atoms with van der Waals surface area (Å²) in [7, 11) is 0. The number of carbonyl (C=O) groups is 1. The molecule has 1 fully saturated rings. The lowest BCUT2D eigenvalue weighted by atomic mass is 10.1. The number of anilines is 2. The minimum atomic E-state index is -0.375. The number of ether oxygens (including phenoxy) is 1. The summed E-state index contributed by atoms with van der Waals surface area (Å²) in [4.78, 5) is 23.2. The van der Waals surface area contributed by atoms with Crippen molar-refractivity contribution in [3.8, 4) is 0 Å². The number of rotatable bonds is 3. The van der Waals surface area contributed by atoms with Gasteiger partial charge in [-0.15, -0.1) is 0 Å². The molecule has 0 saturated carbocycles. The van der Waals surface area contributed by atoms with Crippen LogP contribution in [0.4, 0.5) is 15.9 Å². The zero-order valence-electron chi connectivity index (χ0n) is 14.0. The number of halogens is 1. The normalized spacial score (nSPS) is 14.4. The number of carbonyl (C=O) groups excluding carboxylic acids is 1. The Hall–Kier alpha value is -3.06. The lowest BCUT2D eigenvalue weighted by Crippen LogP contribution is -2.36. The maximum absolute atomic E-state index is 13.0. The van der Waals surface area contributed by atoms with E-state index in [4.69, 9.17) is 4.74 Å². The lowest BCUT2D eigenvalue weighted by molar-refractivity contribution is 0.102. The number of aromatic nitrogens is 2. The molecule has 132 valence electrons. The van der Waals surface area contributed by atoms with E-state index in [1.165, 1.54) is 30.6 Å². The fourth-order valence-electron chi connectivity index (χ4n) is 2.95. The Morgan fingerprint density at radius 2 is 1.85 bits per heavy atom. The van der Waals surface area contributed by atoms with Crippen LogP contribution in [0, 0.1) is 5.82 Å². The van der Waals surface area contributed by atoms with Crippen LogP contribution in [0.15, 0.2) is 48.8 Å². The van der Waals surface area contributed by atoms with Gasteiger partial charge in [-0.05, 0) is 42.5 Å². The highest BCUT2D eigenvalue weighted by Crippen LogP contribution is 2.26. The average molecular weight is 352 g/mol. The van der Waals surface area contributed by atoms with Crippen LogP contribution in [0.1, 0.15) is 10.4 Å². The van der Waals surface area contributed by atoms with Gasteiger partial charge in [0.25, 0.3) is 5.91 Å². The molecule has 1 N–H and O–H groups in total. The molecule has 0 bridgehead atoms. The largest absolute Gasteiger partial charge is 0.378 e. The van der Waals surface area contributed by atoms with Crippen molar-refractivity contribution in [3.63, 3.8) is 0 Å². The van der Waals surface area contributed by atoms with E-state index in [1.807, 2.05) is 18.2 Å². The summed E-state index contributed by atoms with van der Waals surface area (Å²) >= 11 is 0. The highest BCUT2D eigenvalue weighted by Gasteiger charge is 2.16. The fourth-order valence-corrected chi connectivity index (χ4v) is 2.95. The van der Waals surface area contributed by atoms with Gasteiger partial charge in [0.1, 0.15) is 18.0 Å². The predicted molar refractivity (Wildman–Crippen MR) is 96.9 cm³/mol. The molecule has 0 spiro atoms. The molecule has 1 aliphatic rings. The van der Waals surface area contributed by atoms with Gasteiger partial charge in [0, 0.05) is 29.7 Å². The number of hydrogen-bond donors (Lipinski definition) is 1. The van der Waals surface area contributed by atoms with Crippen molar-refractivity contribution in [3.05, 3.63) is 60.2 Å². The molecule has 2 aromatic carbocycles. The summed E-state index contributed by atoms with van der Waals surface area (Å²) in [6, 6.07) is 10.9. The molecule has 2 heterocycles. The van der Waals surface area contributed by atoms with E-state index in [9.17, 15) is 9.18 Å². The van der Waals surface area contributed by atoms with E-state index in [-0.39, 0.29) is 11.7 Å². The van der Waals surface area contributed by atoms with Crippen LogP contribution in [0.25, 0.3) is 10.9 Å². The number of fused-ring (bicyclic) bond motifs is 1. The molecule has 3 aromatic rings.